The second-order valence-corrected chi connectivity index (χ2v) is 5.83. The maximum absolute atomic E-state index is 12.0. The Morgan fingerprint density at radius 1 is 1.24 bits per heavy atom. The highest BCUT2D eigenvalue weighted by Crippen LogP contribution is 2.11. The van der Waals surface area contributed by atoms with Gasteiger partial charge in [0.25, 0.3) is 5.91 Å². The normalized spacial score (nSPS) is 12.6. The fourth-order valence-electron chi connectivity index (χ4n) is 1.61. The first-order chi connectivity index (χ1) is 9.73. The molecule has 0 radical (unpaired) electrons. The Kier molecular flexibility index (Phi) is 5.87. The Bertz CT molecular complexity index is 492. The predicted molar refractivity (Wildman–Crippen MR) is 82.1 cm³/mol. The first-order valence-corrected chi connectivity index (χ1v) is 6.71. The molecule has 0 aliphatic carbocycles. The Hall–Kier alpha value is -1.92. The molecule has 0 aromatic heterocycles. The molecule has 116 valence electrons. The number of benzene rings is 1. The minimum absolute atomic E-state index is 0.151. The van der Waals surface area contributed by atoms with Gasteiger partial charge in [-0.05, 0) is 45.0 Å². The van der Waals surface area contributed by atoms with Crippen molar-refractivity contribution in [1.82, 2.24) is 5.32 Å². The van der Waals surface area contributed by atoms with Gasteiger partial charge in [0, 0.05) is 23.9 Å². The lowest BCUT2D eigenvalue weighted by atomic mass is 10.1. The highest BCUT2D eigenvalue weighted by molar-refractivity contribution is 5.97. The van der Waals surface area contributed by atoms with E-state index in [0.29, 0.717) is 11.3 Å². The molecule has 1 atom stereocenters. The van der Waals surface area contributed by atoms with E-state index in [2.05, 4.69) is 10.6 Å². The summed E-state index contributed by atoms with van der Waals surface area (Å²) in [6.45, 7) is 5.89. The molecule has 0 bridgehead atoms. The molecule has 0 fully saturated rings. The van der Waals surface area contributed by atoms with Gasteiger partial charge in [-0.15, -0.1) is 0 Å². The van der Waals surface area contributed by atoms with Gasteiger partial charge in [-0.1, -0.05) is 0 Å². The number of nitrogens with two attached hydrogens (primary N) is 1. The lowest BCUT2D eigenvalue weighted by Crippen LogP contribution is -2.40. The Morgan fingerprint density at radius 2 is 1.81 bits per heavy atom. The van der Waals surface area contributed by atoms with E-state index in [1.165, 1.54) is 7.11 Å². The van der Waals surface area contributed by atoms with Crippen molar-refractivity contribution in [2.24, 2.45) is 5.73 Å². The van der Waals surface area contributed by atoms with Gasteiger partial charge in [0.2, 0.25) is 5.91 Å². The molecule has 1 aromatic rings. The second-order valence-electron chi connectivity index (χ2n) is 5.83. The summed E-state index contributed by atoms with van der Waals surface area (Å²) in [7, 11) is 1.48. The third-order valence-electron chi connectivity index (χ3n) is 2.59. The number of methoxy groups -OCH3 is 1. The fraction of sp³-hybridized carbons (Fsp3) is 0.467. The maximum Gasteiger partial charge on any atom is 0.251 e. The van der Waals surface area contributed by atoms with Crippen LogP contribution in [0, 0.1) is 0 Å². The van der Waals surface area contributed by atoms with Gasteiger partial charge in [-0.25, -0.2) is 0 Å². The van der Waals surface area contributed by atoms with Gasteiger partial charge in [0.1, 0.15) is 6.04 Å². The third-order valence-corrected chi connectivity index (χ3v) is 2.59. The molecule has 1 aromatic carbocycles. The summed E-state index contributed by atoms with van der Waals surface area (Å²) in [6.07, 6.45) is 0. The Labute approximate surface area is 125 Å². The molecule has 2 amide bonds. The summed E-state index contributed by atoms with van der Waals surface area (Å²) < 4.78 is 4.82. The second kappa shape index (κ2) is 7.19. The van der Waals surface area contributed by atoms with E-state index in [4.69, 9.17) is 10.5 Å². The SMILES string of the molecule is COCC(N)C(=O)Nc1ccc(C(=O)NC(C)(C)C)cc1. The van der Waals surface area contributed by atoms with E-state index in [1.54, 1.807) is 24.3 Å². The quantitative estimate of drug-likeness (QED) is 0.758. The summed E-state index contributed by atoms with van der Waals surface area (Å²) in [4.78, 5) is 23.7. The van der Waals surface area contributed by atoms with Gasteiger partial charge in [-0.2, -0.15) is 0 Å². The molecule has 1 rings (SSSR count). The molecule has 6 nitrogen and oxygen atoms in total. The minimum atomic E-state index is -0.723. The molecule has 0 heterocycles. The van der Waals surface area contributed by atoms with E-state index in [0.717, 1.165) is 0 Å². The van der Waals surface area contributed by atoms with Crippen LogP contribution in [0.1, 0.15) is 31.1 Å². The van der Waals surface area contributed by atoms with Crippen molar-refractivity contribution >= 4 is 17.5 Å². The average Bonchev–Trinajstić information content (AvgIpc) is 2.37. The molecule has 0 saturated carbocycles. The van der Waals surface area contributed by atoms with Gasteiger partial charge in [-0.3, -0.25) is 9.59 Å². The number of hydrogen-bond acceptors (Lipinski definition) is 4. The van der Waals surface area contributed by atoms with Crippen molar-refractivity contribution in [1.29, 1.82) is 0 Å². The van der Waals surface area contributed by atoms with Crippen LogP contribution >= 0.6 is 0 Å². The van der Waals surface area contributed by atoms with Crippen LogP contribution < -0.4 is 16.4 Å². The monoisotopic (exact) mass is 293 g/mol. The molecule has 21 heavy (non-hydrogen) atoms. The standard InChI is InChI=1S/C15H23N3O3/c1-15(2,3)18-13(19)10-5-7-11(8-6-10)17-14(20)12(16)9-21-4/h5-8,12H,9,16H2,1-4H3,(H,17,20)(H,18,19). The van der Waals surface area contributed by atoms with Crippen LogP contribution in [0.2, 0.25) is 0 Å². The van der Waals surface area contributed by atoms with E-state index in [9.17, 15) is 9.59 Å². The van der Waals surface area contributed by atoms with E-state index >= 15 is 0 Å². The third kappa shape index (κ3) is 5.93. The number of hydrogen-bond donors (Lipinski definition) is 3. The molecule has 0 aliphatic heterocycles. The lowest BCUT2D eigenvalue weighted by Gasteiger charge is -2.20. The summed E-state index contributed by atoms with van der Waals surface area (Å²) in [6, 6.07) is 5.90. The number of carbonyl (C=O) groups is 2. The van der Waals surface area contributed by atoms with Crippen molar-refractivity contribution < 1.29 is 14.3 Å². The average molecular weight is 293 g/mol. The first kappa shape index (κ1) is 17.1. The van der Waals surface area contributed by atoms with E-state index < -0.39 is 6.04 Å². The zero-order valence-corrected chi connectivity index (χ0v) is 12.9. The lowest BCUT2D eigenvalue weighted by molar-refractivity contribution is -0.118. The fourth-order valence-corrected chi connectivity index (χ4v) is 1.61. The minimum Gasteiger partial charge on any atom is -0.383 e. The van der Waals surface area contributed by atoms with Crippen molar-refractivity contribution in [3.05, 3.63) is 29.8 Å². The Balaban J connectivity index is 2.66. The van der Waals surface area contributed by atoms with Gasteiger partial charge < -0.3 is 21.1 Å². The van der Waals surface area contributed by atoms with Crippen molar-refractivity contribution in [3.8, 4) is 0 Å². The van der Waals surface area contributed by atoms with Gasteiger partial charge in [0.15, 0.2) is 0 Å². The van der Waals surface area contributed by atoms with Gasteiger partial charge in [0.05, 0.1) is 6.61 Å². The zero-order chi connectivity index (χ0) is 16.0. The van der Waals surface area contributed by atoms with Crippen LogP contribution in [0.3, 0.4) is 0 Å². The van der Waals surface area contributed by atoms with Crippen LogP contribution in [-0.4, -0.2) is 37.1 Å². The largest absolute Gasteiger partial charge is 0.383 e. The summed E-state index contributed by atoms with van der Waals surface area (Å²) in [5.41, 5.74) is 6.44. The number of rotatable bonds is 5. The molecule has 6 heteroatoms. The molecule has 0 spiro atoms. The summed E-state index contributed by atoms with van der Waals surface area (Å²) in [5, 5.41) is 5.53. The highest BCUT2D eigenvalue weighted by atomic mass is 16.5. The number of amides is 2. The molecular weight excluding hydrogens is 270 g/mol. The van der Waals surface area contributed by atoms with Crippen LogP contribution in [0.25, 0.3) is 0 Å². The predicted octanol–water partition coefficient (Wildman–Crippen LogP) is 1.13. The first-order valence-electron chi connectivity index (χ1n) is 6.71. The Morgan fingerprint density at radius 3 is 2.29 bits per heavy atom. The van der Waals surface area contributed by atoms with E-state index in [1.807, 2.05) is 20.8 Å². The topological polar surface area (TPSA) is 93.4 Å². The van der Waals surface area contributed by atoms with Crippen LogP contribution in [-0.2, 0) is 9.53 Å². The van der Waals surface area contributed by atoms with Crippen LogP contribution in [0.5, 0.6) is 0 Å². The molecule has 4 N–H and O–H groups in total. The number of carbonyl (C=O) groups excluding carboxylic acids is 2. The number of nitrogens with one attached hydrogen (secondary N) is 2. The van der Waals surface area contributed by atoms with Crippen molar-refractivity contribution in [2.45, 2.75) is 32.4 Å². The van der Waals surface area contributed by atoms with Crippen LogP contribution in [0.4, 0.5) is 5.69 Å². The summed E-state index contributed by atoms with van der Waals surface area (Å²) >= 11 is 0. The number of anilines is 1. The molecule has 1 unspecified atom stereocenters. The van der Waals surface area contributed by atoms with Crippen LogP contribution in [0.15, 0.2) is 24.3 Å². The highest BCUT2D eigenvalue weighted by Gasteiger charge is 2.16. The molecule has 0 aliphatic rings. The van der Waals surface area contributed by atoms with Gasteiger partial charge >= 0.3 is 0 Å². The van der Waals surface area contributed by atoms with Crippen molar-refractivity contribution in [2.75, 3.05) is 19.0 Å². The maximum atomic E-state index is 12.0. The van der Waals surface area contributed by atoms with E-state index in [-0.39, 0.29) is 24.0 Å². The summed E-state index contributed by atoms with van der Waals surface area (Å²) in [5.74, 6) is -0.486. The molecule has 0 saturated heterocycles. The molecular formula is C15H23N3O3. The smallest absolute Gasteiger partial charge is 0.251 e. The van der Waals surface area contributed by atoms with Crippen molar-refractivity contribution in [3.63, 3.8) is 0 Å². The number of ether oxygens (including phenoxy) is 1. The zero-order valence-electron chi connectivity index (χ0n) is 12.9.